The van der Waals surface area contributed by atoms with Crippen molar-refractivity contribution in [1.29, 1.82) is 0 Å². The Balaban J connectivity index is 0.00000243. The zero-order valence-corrected chi connectivity index (χ0v) is 14.7. The van der Waals surface area contributed by atoms with E-state index in [0.717, 1.165) is 28.5 Å². The molecule has 0 unspecified atom stereocenters. The summed E-state index contributed by atoms with van der Waals surface area (Å²) in [5.41, 5.74) is 8.90. The van der Waals surface area contributed by atoms with Gasteiger partial charge in [0.25, 0.3) is 0 Å². The molecule has 0 aliphatic carbocycles. The van der Waals surface area contributed by atoms with Crippen molar-refractivity contribution in [3.05, 3.63) is 66.1 Å². The van der Waals surface area contributed by atoms with Crippen molar-refractivity contribution >= 4 is 18.2 Å². The van der Waals surface area contributed by atoms with E-state index in [-0.39, 0.29) is 12.4 Å². The van der Waals surface area contributed by atoms with Gasteiger partial charge in [0.15, 0.2) is 0 Å². The summed E-state index contributed by atoms with van der Waals surface area (Å²) < 4.78 is 38.2. The van der Waals surface area contributed by atoms with Gasteiger partial charge >= 0.3 is 6.18 Å². The van der Waals surface area contributed by atoms with Gasteiger partial charge in [0.1, 0.15) is 11.5 Å². The topological polar surface area (TPSA) is 51.8 Å². The highest BCUT2D eigenvalue weighted by atomic mass is 35.5. The van der Waals surface area contributed by atoms with Gasteiger partial charge in [-0.1, -0.05) is 37.3 Å². The van der Waals surface area contributed by atoms with Gasteiger partial charge in [-0.2, -0.15) is 13.2 Å². The molecule has 0 radical (unpaired) electrons. The molecule has 0 saturated carbocycles. The molecular formula is C19H17ClF3N3. The summed E-state index contributed by atoms with van der Waals surface area (Å²) in [6.45, 7) is 1.98. The number of aryl methyl sites for hydroxylation is 1. The van der Waals surface area contributed by atoms with E-state index in [1.807, 2.05) is 37.3 Å². The monoisotopic (exact) mass is 379 g/mol. The molecule has 2 N–H and O–H groups in total. The lowest BCUT2D eigenvalue weighted by Crippen LogP contribution is -2.07. The molecule has 3 aromatic rings. The molecular weight excluding hydrogens is 363 g/mol. The Morgan fingerprint density at radius 1 is 0.923 bits per heavy atom. The number of hydrogen-bond acceptors (Lipinski definition) is 3. The van der Waals surface area contributed by atoms with Crippen LogP contribution in [0.3, 0.4) is 0 Å². The predicted molar refractivity (Wildman–Crippen MR) is 98.9 cm³/mol. The van der Waals surface area contributed by atoms with Crippen molar-refractivity contribution in [1.82, 2.24) is 9.97 Å². The molecule has 0 saturated heterocycles. The molecule has 0 atom stereocenters. The summed E-state index contributed by atoms with van der Waals surface area (Å²) in [4.78, 5) is 7.92. The van der Waals surface area contributed by atoms with Crippen LogP contribution in [-0.4, -0.2) is 9.97 Å². The van der Waals surface area contributed by atoms with Gasteiger partial charge in [-0.3, -0.25) is 4.98 Å². The van der Waals surface area contributed by atoms with Gasteiger partial charge in [-0.15, -0.1) is 12.4 Å². The summed E-state index contributed by atoms with van der Waals surface area (Å²) in [5, 5.41) is 0. The van der Waals surface area contributed by atoms with E-state index < -0.39 is 11.9 Å². The number of alkyl halides is 3. The molecule has 0 amide bonds. The number of nitrogens with two attached hydrogens (primary N) is 1. The lowest BCUT2D eigenvalue weighted by atomic mass is 9.94. The minimum absolute atomic E-state index is 0. The first-order chi connectivity index (χ1) is 11.9. The SMILES string of the molecule is CCc1nc(N)ccc1-c1ccccc1-c1ccc(C(F)(F)F)nc1.Cl. The number of hydrogen-bond donors (Lipinski definition) is 1. The zero-order chi connectivity index (χ0) is 18.0. The summed E-state index contributed by atoms with van der Waals surface area (Å²) >= 11 is 0. The van der Waals surface area contributed by atoms with E-state index in [4.69, 9.17) is 5.73 Å². The smallest absolute Gasteiger partial charge is 0.384 e. The standard InChI is InChI=1S/C19H16F3N3.ClH/c1-2-16-15(8-10-18(23)25-16)14-6-4-3-5-13(14)12-7-9-17(24-11-12)19(20,21)22;/h3-11H,2H2,1H3,(H2,23,25);1H. The molecule has 1 aromatic carbocycles. The largest absolute Gasteiger partial charge is 0.433 e. The number of pyridine rings is 2. The van der Waals surface area contributed by atoms with Crippen molar-refractivity contribution < 1.29 is 13.2 Å². The Morgan fingerprint density at radius 3 is 2.19 bits per heavy atom. The van der Waals surface area contributed by atoms with Crippen LogP contribution in [0, 0.1) is 0 Å². The Labute approximate surface area is 155 Å². The Morgan fingerprint density at radius 2 is 1.62 bits per heavy atom. The van der Waals surface area contributed by atoms with Crippen LogP contribution in [0.25, 0.3) is 22.3 Å². The van der Waals surface area contributed by atoms with Gasteiger partial charge in [-0.05, 0) is 35.7 Å². The van der Waals surface area contributed by atoms with E-state index in [2.05, 4.69) is 9.97 Å². The molecule has 0 aliphatic rings. The maximum absolute atomic E-state index is 12.7. The highest BCUT2D eigenvalue weighted by Gasteiger charge is 2.32. The summed E-state index contributed by atoms with van der Waals surface area (Å²) in [7, 11) is 0. The Bertz CT molecular complexity index is 893. The molecule has 7 heteroatoms. The van der Waals surface area contributed by atoms with Gasteiger partial charge in [-0.25, -0.2) is 4.98 Å². The lowest BCUT2D eigenvalue weighted by Gasteiger charge is -2.14. The van der Waals surface area contributed by atoms with Gasteiger partial charge in [0.2, 0.25) is 0 Å². The van der Waals surface area contributed by atoms with Crippen molar-refractivity contribution in [3.8, 4) is 22.3 Å². The normalized spacial score (nSPS) is 11.1. The van der Waals surface area contributed by atoms with Gasteiger partial charge in [0.05, 0.1) is 5.69 Å². The first-order valence-electron chi connectivity index (χ1n) is 7.78. The van der Waals surface area contributed by atoms with Crippen LogP contribution < -0.4 is 5.73 Å². The average molecular weight is 380 g/mol. The van der Waals surface area contributed by atoms with Crippen LogP contribution in [0.1, 0.15) is 18.3 Å². The van der Waals surface area contributed by atoms with Crippen molar-refractivity contribution in [2.45, 2.75) is 19.5 Å². The predicted octanol–water partition coefficient (Wildman–Crippen LogP) is 5.40. The molecule has 3 rings (SSSR count). The molecule has 2 heterocycles. The molecule has 2 aromatic heterocycles. The molecule has 136 valence electrons. The fourth-order valence-corrected chi connectivity index (χ4v) is 2.72. The fourth-order valence-electron chi connectivity index (χ4n) is 2.72. The third-order valence-corrected chi connectivity index (χ3v) is 3.91. The van der Waals surface area contributed by atoms with Crippen LogP contribution in [0.4, 0.5) is 19.0 Å². The first-order valence-corrected chi connectivity index (χ1v) is 7.78. The second-order valence-electron chi connectivity index (χ2n) is 5.56. The third kappa shape index (κ3) is 3.96. The number of aromatic nitrogens is 2. The molecule has 0 spiro atoms. The van der Waals surface area contributed by atoms with Crippen LogP contribution in [0.2, 0.25) is 0 Å². The minimum atomic E-state index is -4.45. The fraction of sp³-hybridized carbons (Fsp3) is 0.158. The second-order valence-corrected chi connectivity index (χ2v) is 5.56. The van der Waals surface area contributed by atoms with E-state index in [9.17, 15) is 13.2 Å². The molecule has 26 heavy (non-hydrogen) atoms. The third-order valence-electron chi connectivity index (χ3n) is 3.91. The molecule has 3 nitrogen and oxygen atoms in total. The minimum Gasteiger partial charge on any atom is -0.384 e. The van der Waals surface area contributed by atoms with Gasteiger partial charge < -0.3 is 5.73 Å². The summed E-state index contributed by atoms with van der Waals surface area (Å²) in [6, 6.07) is 13.5. The highest BCUT2D eigenvalue weighted by Crippen LogP contribution is 2.35. The number of benzene rings is 1. The van der Waals surface area contributed by atoms with Gasteiger partial charge in [0, 0.05) is 17.3 Å². The van der Waals surface area contributed by atoms with E-state index in [0.29, 0.717) is 17.8 Å². The van der Waals surface area contributed by atoms with Crippen molar-refractivity contribution in [2.75, 3.05) is 5.73 Å². The number of nitrogens with zero attached hydrogens (tertiary/aromatic N) is 2. The van der Waals surface area contributed by atoms with Crippen molar-refractivity contribution in [2.24, 2.45) is 0 Å². The molecule has 0 bridgehead atoms. The Kier molecular flexibility index (Phi) is 5.87. The quantitative estimate of drug-likeness (QED) is 0.663. The van der Waals surface area contributed by atoms with Crippen LogP contribution in [0.15, 0.2) is 54.7 Å². The molecule has 0 fully saturated rings. The molecule has 0 aliphatic heterocycles. The van der Waals surface area contributed by atoms with Crippen LogP contribution in [-0.2, 0) is 12.6 Å². The maximum Gasteiger partial charge on any atom is 0.433 e. The highest BCUT2D eigenvalue weighted by molar-refractivity contribution is 5.85. The van der Waals surface area contributed by atoms with E-state index >= 15 is 0 Å². The number of nitrogen functional groups attached to an aromatic ring is 1. The average Bonchev–Trinajstić information content (AvgIpc) is 2.61. The zero-order valence-electron chi connectivity index (χ0n) is 13.9. The number of halogens is 4. The Hall–Kier alpha value is -2.60. The number of rotatable bonds is 3. The van der Waals surface area contributed by atoms with Crippen LogP contribution in [0.5, 0.6) is 0 Å². The van der Waals surface area contributed by atoms with E-state index in [1.165, 1.54) is 12.3 Å². The van der Waals surface area contributed by atoms with Crippen molar-refractivity contribution in [3.63, 3.8) is 0 Å². The summed E-state index contributed by atoms with van der Waals surface area (Å²) in [6.07, 6.45) is -2.51. The summed E-state index contributed by atoms with van der Waals surface area (Å²) in [5.74, 6) is 0.439. The second kappa shape index (κ2) is 7.74. The lowest BCUT2D eigenvalue weighted by molar-refractivity contribution is -0.141. The maximum atomic E-state index is 12.7. The number of anilines is 1. The van der Waals surface area contributed by atoms with Crippen LogP contribution >= 0.6 is 12.4 Å². The van der Waals surface area contributed by atoms with E-state index in [1.54, 1.807) is 6.07 Å². The first kappa shape index (κ1) is 19.7.